The van der Waals surface area contributed by atoms with E-state index < -0.39 is 5.79 Å². The van der Waals surface area contributed by atoms with E-state index >= 15 is 0 Å². The number of likely N-dealkylation sites (N-methyl/N-ethyl adjacent to an activating group) is 1. The molecule has 0 aliphatic carbocycles. The summed E-state index contributed by atoms with van der Waals surface area (Å²) in [5.41, 5.74) is 1.09. The van der Waals surface area contributed by atoms with Gasteiger partial charge in [0, 0.05) is 31.5 Å². The van der Waals surface area contributed by atoms with Gasteiger partial charge in [-0.2, -0.15) is 0 Å². The number of hydrogen-bond donors (Lipinski definition) is 2. The molecule has 0 spiro atoms. The second-order valence-electron chi connectivity index (χ2n) is 6.44. The molecule has 0 aromatic heterocycles. The average Bonchev–Trinajstić information content (AvgIpc) is 3.04. The number of rotatable bonds is 7. The lowest BCUT2D eigenvalue weighted by molar-refractivity contribution is -0.145. The topological polar surface area (TPSA) is 75.2 Å². The fraction of sp³-hybridized carbons (Fsp3) is 0.556. The Morgan fingerprint density at radius 3 is 2.50 bits per heavy atom. The van der Waals surface area contributed by atoms with E-state index in [2.05, 4.69) is 31.6 Å². The summed E-state index contributed by atoms with van der Waals surface area (Å²) >= 11 is 3.42. The van der Waals surface area contributed by atoms with Crippen LogP contribution in [0.15, 0.2) is 33.7 Å². The lowest BCUT2D eigenvalue weighted by atomic mass is 10.2. The highest BCUT2D eigenvalue weighted by Gasteiger charge is 2.30. The largest absolute Gasteiger partial charge is 0.356 e. The first-order valence-corrected chi connectivity index (χ1v) is 9.42. The molecule has 8 heteroatoms. The van der Waals surface area contributed by atoms with Gasteiger partial charge >= 0.3 is 0 Å². The van der Waals surface area contributed by atoms with Crippen molar-refractivity contribution in [3.63, 3.8) is 0 Å². The van der Waals surface area contributed by atoms with Crippen molar-refractivity contribution in [2.45, 2.75) is 25.7 Å². The predicted octanol–water partition coefficient (Wildman–Crippen LogP) is 1.73. The third-order valence-electron chi connectivity index (χ3n) is 4.01. The van der Waals surface area contributed by atoms with Crippen molar-refractivity contribution in [3.05, 3.63) is 34.3 Å². The summed E-state index contributed by atoms with van der Waals surface area (Å²) in [5.74, 6) is 0.0192. The first kappa shape index (κ1) is 20.7. The Balaban J connectivity index is 1.92. The Kier molecular flexibility index (Phi) is 7.86. The van der Waals surface area contributed by atoms with E-state index in [1.54, 1.807) is 19.0 Å². The number of nitrogens with zero attached hydrogens (tertiary/aromatic N) is 2. The zero-order valence-corrected chi connectivity index (χ0v) is 17.1. The number of guanidine groups is 1. The monoisotopic (exact) mass is 426 g/mol. The highest BCUT2D eigenvalue weighted by molar-refractivity contribution is 9.10. The highest BCUT2D eigenvalue weighted by atomic mass is 79.9. The maximum Gasteiger partial charge on any atom is 0.241 e. The van der Waals surface area contributed by atoms with Gasteiger partial charge in [-0.25, -0.2) is 4.99 Å². The summed E-state index contributed by atoms with van der Waals surface area (Å²) < 4.78 is 12.2. The molecule has 0 saturated carbocycles. The van der Waals surface area contributed by atoms with Crippen LogP contribution in [0.5, 0.6) is 0 Å². The number of ether oxygens (including phenoxy) is 2. The number of benzene rings is 1. The summed E-state index contributed by atoms with van der Waals surface area (Å²) in [6.07, 6.45) is 0.688. The standard InChI is InChI=1S/C18H27BrN4O3/c1-18(25-10-11-26-18)8-9-20-17(22-13-16(24)23(2)3)21-12-14-4-6-15(19)7-5-14/h4-7H,8-13H2,1-3H3,(H2,20,21,22). The molecule has 2 N–H and O–H groups in total. The molecule has 1 amide bonds. The van der Waals surface area contributed by atoms with Gasteiger partial charge in [0.05, 0.1) is 26.3 Å². The fourth-order valence-corrected chi connectivity index (χ4v) is 2.63. The minimum Gasteiger partial charge on any atom is -0.356 e. The van der Waals surface area contributed by atoms with E-state index in [4.69, 9.17) is 9.47 Å². The number of aliphatic imine (C=N–C) groups is 1. The molecule has 7 nitrogen and oxygen atoms in total. The Labute approximate surface area is 163 Å². The number of halogens is 1. The Morgan fingerprint density at radius 1 is 1.23 bits per heavy atom. The maximum absolute atomic E-state index is 11.8. The van der Waals surface area contributed by atoms with Crippen LogP contribution >= 0.6 is 15.9 Å². The normalized spacial score (nSPS) is 16.4. The number of nitrogens with one attached hydrogen (secondary N) is 2. The highest BCUT2D eigenvalue weighted by Crippen LogP contribution is 2.21. The predicted molar refractivity (Wildman–Crippen MR) is 105 cm³/mol. The van der Waals surface area contributed by atoms with Gasteiger partial charge in [0.15, 0.2) is 11.7 Å². The van der Waals surface area contributed by atoms with Crippen LogP contribution in [0.2, 0.25) is 0 Å². The molecule has 0 atom stereocenters. The van der Waals surface area contributed by atoms with Crippen molar-refractivity contribution in [1.29, 1.82) is 0 Å². The molecule has 0 bridgehead atoms. The smallest absolute Gasteiger partial charge is 0.241 e. The van der Waals surface area contributed by atoms with Crippen molar-refractivity contribution in [2.24, 2.45) is 4.99 Å². The molecule has 1 aliphatic heterocycles. The van der Waals surface area contributed by atoms with E-state index in [1.165, 1.54) is 0 Å². The van der Waals surface area contributed by atoms with Gasteiger partial charge in [0.2, 0.25) is 5.91 Å². The van der Waals surface area contributed by atoms with Crippen LogP contribution in [-0.4, -0.2) is 63.0 Å². The first-order chi connectivity index (χ1) is 12.4. The van der Waals surface area contributed by atoms with E-state index in [0.29, 0.717) is 38.7 Å². The van der Waals surface area contributed by atoms with E-state index in [1.807, 2.05) is 31.2 Å². The lowest BCUT2D eigenvalue weighted by Crippen LogP contribution is -2.44. The summed E-state index contributed by atoms with van der Waals surface area (Å²) in [4.78, 5) is 17.9. The Hall–Kier alpha value is -1.64. The molecule has 0 radical (unpaired) electrons. The molecule has 1 aromatic rings. The van der Waals surface area contributed by atoms with Crippen molar-refractivity contribution < 1.29 is 14.3 Å². The SMILES string of the molecule is CN(C)C(=O)CNC(=NCc1ccc(Br)cc1)NCCC1(C)OCCO1. The minimum absolute atomic E-state index is 0.0161. The summed E-state index contributed by atoms with van der Waals surface area (Å²) in [6.45, 7) is 4.50. The zero-order chi connectivity index (χ0) is 19.0. The van der Waals surface area contributed by atoms with Crippen molar-refractivity contribution >= 4 is 27.8 Å². The number of amides is 1. The van der Waals surface area contributed by atoms with Crippen molar-refractivity contribution in [3.8, 4) is 0 Å². The van der Waals surface area contributed by atoms with Gasteiger partial charge in [-0.3, -0.25) is 4.79 Å². The fourth-order valence-electron chi connectivity index (χ4n) is 2.36. The molecule has 1 fully saturated rings. The molecule has 1 aromatic carbocycles. The van der Waals surface area contributed by atoms with Crippen molar-refractivity contribution in [1.82, 2.24) is 15.5 Å². The zero-order valence-electron chi connectivity index (χ0n) is 15.5. The summed E-state index contributed by atoms with van der Waals surface area (Å²) in [7, 11) is 3.46. The van der Waals surface area contributed by atoms with Crippen LogP contribution in [0, 0.1) is 0 Å². The molecular weight excluding hydrogens is 400 g/mol. The van der Waals surface area contributed by atoms with E-state index in [0.717, 1.165) is 10.0 Å². The van der Waals surface area contributed by atoms with Crippen LogP contribution in [0.1, 0.15) is 18.9 Å². The molecule has 0 unspecified atom stereocenters. The Morgan fingerprint density at radius 2 is 1.88 bits per heavy atom. The molecule has 2 rings (SSSR count). The molecule has 144 valence electrons. The lowest BCUT2D eigenvalue weighted by Gasteiger charge is -2.23. The molecule has 1 heterocycles. The van der Waals surface area contributed by atoms with Gasteiger partial charge in [-0.1, -0.05) is 28.1 Å². The number of carbonyl (C=O) groups is 1. The second kappa shape index (κ2) is 9.89. The number of hydrogen-bond acceptors (Lipinski definition) is 4. The molecule has 1 aliphatic rings. The van der Waals surface area contributed by atoms with Gasteiger partial charge in [-0.15, -0.1) is 0 Å². The molecule has 26 heavy (non-hydrogen) atoms. The van der Waals surface area contributed by atoms with E-state index in [-0.39, 0.29) is 12.5 Å². The van der Waals surface area contributed by atoms with Crippen LogP contribution in [0.25, 0.3) is 0 Å². The summed E-state index contributed by atoms with van der Waals surface area (Å²) in [5, 5.41) is 6.32. The van der Waals surface area contributed by atoms with Crippen molar-refractivity contribution in [2.75, 3.05) is 40.4 Å². The number of carbonyl (C=O) groups excluding carboxylic acids is 1. The van der Waals surface area contributed by atoms with Gasteiger partial charge in [0.25, 0.3) is 0 Å². The van der Waals surface area contributed by atoms with Gasteiger partial charge in [0.1, 0.15) is 0 Å². The van der Waals surface area contributed by atoms with Crippen LogP contribution in [0.4, 0.5) is 0 Å². The van der Waals surface area contributed by atoms with Crippen LogP contribution in [0.3, 0.4) is 0 Å². The molecule has 1 saturated heterocycles. The Bertz CT molecular complexity index is 613. The van der Waals surface area contributed by atoms with E-state index in [9.17, 15) is 4.79 Å². The minimum atomic E-state index is -0.552. The van der Waals surface area contributed by atoms with Crippen LogP contribution < -0.4 is 10.6 Å². The summed E-state index contributed by atoms with van der Waals surface area (Å²) in [6, 6.07) is 7.99. The first-order valence-electron chi connectivity index (χ1n) is 8.63. The van der Waals surface area contributed by atoms with Gasteiger partial charge in [-0.05, 0) is 24.6 Å². The molecular formula is C18H27BrN4O3. The third-order valence-corrected chi connectivity index (χ3v) is 4.54. The average molecular weight is 427 g/mol. The second-order valence-corrected chi connectivity index (χ2v) is 7.36. The third kappa shape index (κ3) is 6.93. The van der Waals surface area contributed by atoms with Crippen LogP contribution in [-0.2, 0) is 20.8 Å². The maximum atomic E-state index is 11.8. The van der Waals surface area contributed by atoms with Gasteiger partial charge < -0.3 is 25.0 Å². The quantitative estimate of drug-likeness (QED) is 0.512.